The van der Waals surface area contributed by atoms with Crippen LogP contribution in [-0.2, 0) is 4.79 Å². The standard InChI is InChI=1S/C11H13ClN6O/c12-8-7-9(15-5-14-7)17-11(16-8)18-10(19)6-3-1-2-4-13-6/h5-6,13H,1-4H2,(H2,14,15,16,17,18,19)/t6-/m1/s1. The highest BCUT2D eigenvalue weighted by atomic mass is 35.5. The molecule has 100 valence electrons. The molecule has 3 N–H and O–H groups in total. The molecule has 7 nitrogen and oxygen atoms in total. The molecule has 1 fully saturated rings. The fourth-order valence-electron chi connectivity index (χ4n) is 2.13. The molecular formula is C11H13ClN6O. The Kier molecular flexibility index (Phi) is 3.31. The van der Waals surface area contributed by atoms with E-state index >= 15 is 0 Å². The van der Waals surface area contributed by atoms with E-state index in [1.807, 2.05) is 0 Å². The number of carbonyl (C=O) groups is 1. The van der Waals surface area contributed by atoms with Crippen LogP contribution in [-0.4, -0.2) is 38.4 Å². The quantitative estimate of drug-likeness (QED) is 0.716. The average molecular weight is 281 g/mol. The van der Waals surface area contributed by atoms with Gasteiger partial charge >= 0.3 is 0 Å². The van der Waals surface area contributed by atoms with Gasteiger partial charge in [-0.1, -0.05) is 18.0 Å². The van der Waals surface area contributed by atoms with Crippen LogP contribution < -0.4 is 10.6 Å². The molecule has 1 aliphatic rings. The predicted molar refractivity (Wildman–Crippen MR) is 71.0 cm³/mol. The Bertz CT molecular complexity index is 606. The first-order valence-corrected chi connectivity index (χ1v) is 6.53. The van der Waals surface area contributed by atoms with E-state index in [1.165, 1.54) is 6.33 Å². The summed E-state index contributed by atoms with van der Waals surface area (Å²) in [5.74, 6) is 0.0487. The fraction of sp³-hybridized carbons (Fsp3) is 0.455. The number of hydrogen-bond donors (Lipinski definition) is 3. The molecule has 0 aromatic carbocycles. The van der Waals surface area contributed by atoms with Crippen LogP contribution in [0.3, 0.4) is 0 Å². The largest absolute Gasteiger partial charge is 0.341 e. The van der Waals surface area contributed by atoms with Crippen LogP contribution in [0.5, 0.6) is 0 Å². The van der Waals surface area contributed by atoms with Crippen LogP contribution in [0.1, 0.15) is 19.3 Å². The van der Waals surface area contributed by atoms with Gasteiger partial charge in [0.15, 0.2) is 10.8 Å². The molecule has 19 heavy (non-hydrogen) atoms. The summed E-state index contributed by atoms with van der Waals surface area (Å²) >= 11 is 5.98. The van der Waals surface area contributed by atoms with Gasteiger partial charge in [0.05, 0.1) is 12.4 Å². The zero-order chi connectivity index (χ0) is 13.2. The molecule has 1 saturated heterocycles. The van der Waals surface area contributed by atoms with E-state index in [-0.39, 0.29) is 23.1 Å². The van der Waals surface area contributed by atoms with Crippen molar-refractivity contribution in [2.24, 2.45) is 0 Å². The second-order valence-electron chi connectivity index (χ2n) is 4.43. The number of halogens is 1. The molecule has 0 aliphatic carbocycles. The molecule has 0 saturated carbocycles. The van der Waals surface area contributed by atoms with Crippen LogP contribution in [0.15, 0.2) is 6.33 Å². The molecular weight excluding hydrogens is 268 g/mol. The van der Waals surface area contributed by atoms with Crippen molar-refractivity contribution in [3.8, 4) is 0 Å². The lowest BCUT2D eigenvalue weighted by atomic mass is 10.0. The zero-order valence-corrected chi connectivity index (χ0v) is 10.9. The van der Waals surface area contributed by atoms with Gasteiger partial charge in [-0.15, -0.1) is 0 Å². The SMILES string of the molecule is O=C(Nc1nc(Cl)c2[nH]cnc2n1)[C@H]1CCCCN1. The van der Waals surface area contributed by atoms with Crippen LogP contribution >= 0.6 is 11.6 Å². The highest BCUT2D eigenvalue weighted by Gasteiger charge is 2.21. The second kappa shape index (κ2) is 5.10. The molecule has 3 rings (SSSR count). The summed E-state index contributed by atoms with van der Waals surface area (Å²) < 4.78 is 0. The third-order valence-electron chi connectivity index (χ3n) is 3.10. The number of fused-ring (bicyclic) bond motifs is 1. The lowest BCUT2D eigenvalue weighted by Crippen LogP contribution is -2.43. The van der Waals surface area contributed by atoms with Crippen molar-refractivity contribution in [1.82, 2.24) is 25.3 Å². The third-order valence-corrected chi connectivity index (χ3v) is 3.38. The second-order valence-corrected chi connectivity index (χ2v) is 4.79. The lowest BCUT2D eigenvalue weighted by Gasteiger charge is -2.21. The Morgan fingerprint density at radius 2 is 2.32 bits per heavy atom. The number of rotatable bonds is 2. The Labute approximate surface area is 114 Å². The minimum Gasteiger partial charge on any atom is -0.341 e. The number of aromatic amines is 1. The molecule has 0 unspecified atom stereocenters. The maximum Gasteiger partial charge on any atom is 0.243 e. The van der Waals surface area contributed by atoms with E-state index in [4.69, 9.17) is 11.6 Å². The van der Waals surface area contributed by atoms with Crippen molar-refractivity contribution >= 4 is 34.6 Å². The van der Waals surface area contributed by atoms with Crippen molar-refractivity contribution in [3.05, 3.63) is 11.5 Å². The molecule has 8 heteroatoms. The van der Waals surface area contributed by atoms with E-state index < -0.39 is 0 Å². The molecule has 2 aromatic rings. The number of imidazole rings is 1. The van der Waals surface area contributed by atoms with Crippen molar-refractivity contribution in [2.45, 2.75) is 25.3 Å². The van der Waals surface area contributed by atoms with E-state index in [1.54, 1.807) is 0 Å². The molecule has 1 aliphatic heterocycles. The smallest absolute Gasteiger partial charge is 0.243 e. The van der Waals surface area contributed by atoms with Crippen LogP contribution in [0.4, 0.5) is 5.95 Å². The Morgan fingerprint density at radius 1 is 1.42 bits per heavy atom. The van der Waals surface area contributed by atoms with Gasteiger partial charge in [-0.3, -0.25) is 10.1 Å². The van der Waals surface area contributed by atoms with Gasteiger partial charge in [0, 0.05) is 0 Å². The predicted octanol–water partition coefficient (Wildman–Crippen LogP) is 1.09. The molecule has 1 amide bonds. The van der Waals surface area contributed by atoms with E-state index in [2.05, 4.69) is 30.6 Å². The molecule has 3 heterocycles. The molecule has 0 bridgehead atoms. The molecule has 0 radical (unpaired) electrons. The van der Waals surface area contributed by atoms with Gasteiger partial charge in [0.1, 0.15) is 5.52 Å². The van der Waals surface area contributed by atoms with E-state index in [0.717, 1.165) is 25.8 Å². The topological polar surface area (TPSA) is 95.6 Å². The van der Waals surface area contributed by atoms with Gasteiger partial charge < -0.3 is 10.3 Å². The summed E-state index contributed by atoms with van der Waals surface area (Å²) in [5.41, 5.74) is 1.00. The van der Waals surface area contributed by atoms with Gasteiger partial charge in [0.25, 0.3) is 0 Å². The van der Waals surface area contributed by atoms with Gasteiger partial charge in [0.2, 0.25) is 11.9 Å². The normalized spacial score (nSPS) is 19.5. The number of carbonyl (C=O) groups excluding carboxylic acids is 1. The number of H-pyrrole nitrogens is 1. The fourth-order valence-corrected chi connectivity index (χ4v) is 2.35. The zero-order valence-electron chi connectivity index (χ0n) is 10.1. The first kappa shape index (κ1) is 12.3. The monoisotopic (exact) mass is 280 g/mol. The number of aromatic nitrogens is 4. The summed E-state index contributed by atoms with van der Waals surface area (Å²) in [6.07, 6.45) is 4.46. The van der Waals surface area contributed by atoms with E-state index in [0.29, 0.717) is 11.2 Å². The number of amides is 1. The van der Waals surface area contributed by atoms with E-state index in [9.17, 15) is 4.79 Å². The summed E-state index contributed by atoms with van der Waals surface area (Å²) in [6.45, 7) is 0.859. The number of anilines is 1. The van der Waals surface area contributed by atoms with Crippen molar-refractivity contribution < 1.29 is 4.79 Å². The van der Waals surface area contributed by atoms with Crippen molar-refractivity contribution in [3.63, 3.8) is 0 Å². The van der Waals surface area contributed by atoms with Crippen LogP contribution in [0.25, 0.3) is 11.2 Å². The number of hydrogen-bond acceptors (Lipinski definition) is 5. The summed E-state index contributed by atoms with van der Waals surface area (Å²) in [6, 6.07) is -0.189. The Balaban J connectivity index is 1.78. The number of piperidine rings is 1. The minimum atomic E-state index is -0.189. The van der Waals surface area contributed by atoms with Gasteiger partial charge in [-0.2, -0.15) is 9.97 Å². The Morgan fingerprint density at radius 3 is 3.11 bits per heavy atom. The minimum absolute atomic E-state index is 0.134. The van der Waals surface area contributed by atoms with Crippen LogP contribution in [0.2, 0.25) is 5.15 Å². The maximum absolute atomic E-state index is 12.0. The first-order chi connectivity index (χ1) is 9.24. The maximum atomic E-state index is 12.0. The third kappa shape index (κ3) is 2.52. The first-order valence-electron chi connectivity index (χ1n) is 6.15. The van der Waals surface area contributed by atoms with Crippen molar-refractivity contribution in [1.29, 1.82) is 0 Å². The highest BCUT2D eigenvalue weighted by Crippen LogP contribution is 2.18. The average Bonchev–Trinajstić information content (AvgIpc) is 2.88. The number of nitrogens with zero attached hydrogens (tertiary/aromatic N) is 3. The summed E-state index contributed by atoms with van der Waals surface area (Å²) in [4.78, 5) is 27.0. The molecule has 1 atom stereocenters. The van der Waals surface area contributed by atoms with Gasteiger partial charge in [-0.25, -0.2) is 4.98 Å². The Hall–Kier alpha value is -1.73. The van der Waals surface area contributed by atoms with Crippen molar-refractivity contribution in [2.75, 3.05) is 11.9 Å². The summed E-state index contributed by atoms with van der Waals surface area (Å²) in [7, 11) is 0. The molecule has 0 spiro atoms. The summed E-state index contributed by atoms with van der Waals surface area (Å²) in [5, 5.41) is 6.08. The molecule has 2 aromatic heterocycles. The highest BCUT2D eigenvalue weighted by molar-refractivity contribution is 6.33. The number of nitrogens with one attached hydrogen (secondary N) is 3. The van der Waals surface area contributed by atoms with Gasteiger partial charge in [-0.05, 0) is 19.4 Å². The lowest BCUT2D eigenvalue weighted by molar-refractivity contribution is -0.118. The van der Waals surface area contributed by atoms with Crippen LogP contribution in [0, 0.1) is 0 Å².